The number of rotatable bonds is 7. The molecule has 0 aromatic carbocycles. The van der Waals surface area contributed by atoms with E-state index in [9.17, 15) is 13.2 Å². The smallest absolute Gasteiger partial charge is 0.372 e. The number of nitrogens with one attached hydrogen (secondary N) is 1. The van der Waals surface area contributed by atoms with Crippen LogP contribution in [-0.4, -0.2) is 35.4 Å². The first-order chi connectivity index (χ1) is 8.87. The summed E-state index contributed by atoms with van der Waals surface area (Å²) in [4.78, 5) is 8.24. The maximum Gasteiger partial charge on any atom is 0.411 e. The SMILES string of the molecule is CC(C)NCc1ccnc(CCOCC(F)(F)F)n1. The Labute approximate surface area is 110 Å². The van der Waals surface area contributed by atoms with Crippen molar-refractivity contribution in [3.63, 3.8) is 0 Å². The third kappa shape index (κ3) is 7.74. The molecule has 0 radical (unpaired) electrons. The first kappa shape index (κ1) is 15.8. The van der Waals surface area contributed by atoms with Crippen LogP contribution in [0.15, 0.2) is 12.3 Å². The number of ether oxygens (including phenoxy) is 1. The van der Waals surface area contributed by atoms with E-state index in [0.717, 1.165) is 5.69 Å². The van der Waals surface area contributed by atoms with Crippen LogP contribution in [0.3, 0.4) is 0 Å². The topological polar surface area (TPSA) is 47.0 Å². The average molecular weight is 277 g/mol. The minimum absolute atomic E-state index is 0.0411. The zero-order valence-corrected chi connectivity index (χ0v) is 11.0. The van der Waals surface area contributed by atoms with Gasteiger partial charge in [0.05, 0.1) is 12.3 Å². The molecule has 0 spiro atoms. The highest BCUT2D eigenvalue weighted by molar-refractivity contribution is 5.02. The predicted octanol–water partition coefficient (Wildman–Crippen LogP) is 2.10. The van der Waals surface area contributed by atoms with Crippen LogP contribution in [0.1, 0.15) is 25.4 Å². The van der Waals surface area contributed by atoms with Crippen molar-refractivity contribution in [3.05, 3.63) is 23.8 Å². The molecule has 1 aromatic rings. The second kappa shape index (κ2) is 7.40. The molecule has 0 aliphatic carbocycles. The van der Waals surface area contributed by atoms with Gasteiger partial charge in [-0.05, 0) is 6.07 Å². The van der Waals surface area contributed by atoms with Crippen molar-refractivity contribution < 1.29 is 17.9 Å². The predicted molar refractivity (Wildman–Crippen MR) is 64.6 cm³/mol. The van der Waals surface area contributed by atoms with Gasteiger partial charge in [-0.15, -0.1) is 0 Å². The molecule has 1 aromatic heterocycles. The van der Waals surface area contributed by atoms with Crippen LogP contribution >= 0.6 is 0 Å². The van der Waals surface area contributed by atoms with Crippen LogP contribution < -0.4 is 5.32 Å². The first-order valence-electron chi connectivity index (χ1n) is 6.05. The van der Waals surface area contributed by atoms with E-state index < -0.39 is 12.8 Å². The van der Waals surface area contributed by atoms with Crippen LogP contribution in [-0.2, 0) is 17.7 Å². The van der Waals surface area contributed by atoms with E-state index in [2.05, 4.69) is 20.0 Å². The molecule has 0 saturated heterocycles. The fourth-order valence-electron chi connectivity index (χ4n) is 1.32. The summed E-state index contributed by atoms with van der Waals surface area (Å²) < 4.78 is 40.1. The highest BCUT2D eigenvalue weighted by Crippen LogP contribution is 2.14. The molecule has 0 unspecified atom stereocenters. The van der Waals surface area contributed by atoms with Gasteiger partial charge in [-0.3, -0.25) is 0 Å². The largest absolute Gasteiger partial charge is 0.411 e. The van der Waals surface area contributed by atoms with Crippen molar-refractivity contribution in [3.8, 4) is 0 Å². The van der Waals surface area contributed by atoms with Gasteiger partial charge in [0.25, 0.3) is 0 Å². The van der Waals surface area contributed by atoms with Gasteiger partial charge in [-0.25, -0.2) is 9.97 Å². The number of halogens is 3. The molecule has 0 aliphatic heterocycles. The normalized spacial score (nSPS) is 12.1. The summed E-state index contributed by atoms with van der Waals surface area (Å²) in [5.74, 6) is 0.491. The quantitative estimate of drug-likeness (QED) is 0.775. The molecule has 1 rings (SSSR count). The van der Waals surface area contributed by atoms with Gasteiger partial charge < -0.3 is 10.1 Å². The number of hydrogen-bond donors (Lipinski definition) is 1. The molecule has 0 bridgehead atoms. The third-order valence-electron chi connectivity index (χ3n) is 2.19. The Balaban J connectivity index is 2.35. The van der Waals surface area contributed by atoms with Crippen LogP contribution in [0.5, 0.6) is 0 Å². The van der Waals surface area contributed by atoms with E-state index in [-0.39, 0.29) is 13.0 Å². The Morgan fingerprint density at radius 2 is 2.11 bits per heavy atom. The second-order valence-corrected chi connectivity index (χ2v) is 4.42. The third-order valence-corrected chi connectivity index (χ3v) is 2.19. The Morgan fingerprint density at radius 3 is 2.74 bits per heavy atom. The Morgan fingerprint density at radius 1 is 1.37 bits per heavy atom. The number of aromatic nitrogens is 2. The molecule has 108 valence electrons. The van der Waals surface area contributed by atoms with E-state index in [1.165, 1.54) is 0 Å². The van der Waals surface area contributed by atoms with E-state index in [0.29, 0.717) is 18.4 Å². The van der Waals surface area contributed by atoms with Gasteiger partial charge in [0.1, 0.15) is 12.4 Å². The Hall–Kier alpha value is -1.21. The summed E-state index contributed by atoms with van der Waals surface area (Å²) in [5.41, 5.74) is 0.814. The summed E-state index contributed by atoms with van der Waals surface area (Å²) >= 11 is 0. The zero-order valence-electron chi connectivity index (χ0n) is 11.0. The number of hydrogen-bond acceptors (Lipinski definition) is 4. The molecular weight excluding hydrogens is 259 g/mol. The van der Waals surface area contributed by atoms with Gasteiger partial charge in [0, 0.05) is 25.2 Å². The minimum Gasteiger partial charge on any atom is -0.372 e. The van der Waals surface area contributed by atoms with E-state index in [1.54, 1.807) is 12.3 Å². The van der Waals surface area contributed by atoms with Crippen LogP contribution in [0.25, 0.3) is 0 Å². The zero-order chi connectivity index (χ0) is 14.3. The van der Waals surface area contributed by atoms with Gasteiger partial charge in [0.2, 0.25) is 0 Å². The highest BCUT2D eigenvalue weighted by Gasteiger charge is 2.27. The second-order valence-electron chi connectivity index (χ2n) is 4.42. The van der Waals surface area contributed by atoms with Gasteiger partial charge >= 0.3 is 6.18 Å². The lowest BCUT2D eigenvalue weighted by Crippen LogP contribution is -2.23. The minimum atomic E-state index is -4.29. The van der Waals surface area contributed by atoms with Crippen molar-refractivity contribution in [1.29, 1.82) is 0 Å². The van der Waals surface area contributed by atoms with E-state index in [4.69, 9.17) is 0 Å². The van der Waals surface area contributed by atoms with E-state index in [1.807, 2.05) is 13.8 Å². The van der Waals surface area contributed by atoms with Crippen LogP contribution in [0.4, 0.5) is 13.2 Å². The summed E-state index contributed by atoms with van der Waals surface area (Å²) in [5, 5.41) is 3.21. The molecule has 0 fully saturated rings. The summed E-state index contributed by atoms with van der Waals surface area (Å²) in [6, 6.07) is 2.11. The maximum absolute atomic E-state index is 11.9. The lowest BCUT2D eigenvalue weighted by atomic mass is 10.3. The molecule has 7 heteroatoms. The molecule has 1 N–H and O–H groups in total. The van der Waals surface area contributed by atoms with Gasteiger partial charge in [-0.1, -0.05) is 13.8 Å². The number of nitrogens with zero attached hydrogens (tertiary/aromatic N) is 2. The molecular formula is C12H18F3N3O. The van der Waals surface area contributed by atoms with Crippen molar-refractivity contribution in [2.24, 2.45) is 0 Å². The summed E-state index contributed by atoms with van der Waals surface area (Å²) in [6.45, 7) is 3.37. The Bertz CT molecular complexity index is 383. The summed E-state index contributed by atoms with van der Waals surface area (Å²) in [6.07, 6.45) is -2.42. The molecule has 0 amide bonds. The average Bonchev–Trinajstić information content (AvgIpc) is 2.32. The van der Waals surface area contributed by atoms with Crippen molar-refractivity contribution in [1.82, 2.24) is 15.3 Å². The lowest BCUT2D eigenvalue weighted by molar-refractivity contribution is -0.173. The summed E-state index contributed by atoms with van der Waals surface area (Å²) in [7, 11) is 0. The molecule has 0 atom stereocenters. The molecule has 0 aliphatic rings. The molecule has 1 heterocycles. The van der Waals surface area contributed by atoms with Crippen molar-refractivity contribution >= 4 is 0 Å². The monoisotopic (exact) mass is 277 g/mol. The fraction of sp³-hybridized carbons (Fsp3) is 0.667. The van der Waals surface area contributed by atoms with E-state index >= 15 is 0 Å². The van der Waals surface area contributed by atoms with Crippen molar-refractivity contribution in [2.75, 3.05) is 13.2 Å². The Kier molecular flexibility index (Phi) is 6.17. The molecule has 4 nitrogen and oxygen atoms in total. The number of alkyl halides is 3. The first-order valence-corrected chi connectivity index (χ1v) is 6.05. The standard InChI is InChI=1S/C12H18F3N3O/c1-9(2)17-7-10-3-5-16-11(18-10)4-6-19-8-12(13,14)15/h3,5,9,17H,4,6-8H2,1-2H3. The van der Waals surface area contributed by atoms with Gasteiger partial charge in [0.15, 0.2) is 0 Å². The van der Waals surface area contributed by atoms with Crippen LogP contribution in [0, 0.1) is 0 Å². The van der Waals surface area contributed by atoms with Crippen LogP contribution in [0.2, 0.25) is 0 Å². The highest BCUT2D eigenvalue weighted by atomic mass is 19.4. The molecule has 0 saturated carbocycles. The van der Waals surface area contributed by atoms with Crippen molar-refractivity contribution in [2.45, 2.75) is 39.0 Å². The fourth-order valence-corrected chi connectivity index (χ4v) is 1.32. The van der Waals surface area contributed by atoms with Gasteiger partial charge in [-0.2, -0.15) is 13.2 Å². The molecule has 19 heavy (non-hydrogen) atoms. The maximum atomic E-state index is 11.9. The lowest BCUT2D eigenvalue weighted by Gasteiger charge is -2.09.